The Labute approximate surface area is 194 Å². The Bertz CT molecular complexity index is 1190. The van der Waals surface area contributed by atoms with Crippen molar-refractivity contribution < 1.29 is 26.9 Å². The summed E-state index contributed by atoms with van der Waals surface area (Å²) in [6.45, 7) is 5.04. The summed E-state index contributed by atoms with van der Waals surface area (Å²) >= 11 is 0. The molecule has 1 atom stereocenters. The van der Waals surface area contributed by atoms with Gasteiger partial charge in [0.05, 0.1) is 12.9 Å². The van der Waals surface area contributed by atoms with Crippen molar-refractivity contribution in [2.75, 3.05) is 24.8 Å². The van der Waals surface area contributed by atoms with E-state index in [1.54, 1.807) is 19.1 Å². The van der Waals surface area contributed by atoms with Crippen LogP contribution in [-0.2, 0) is 37.4 Å². The van der Waals surface area contributed by atoms with Gasteiger partial charge in [0, 0.05) is 25.3 Å². The number of esters is 1. The minimum atomic E-state index is -3.55. The molecule has 0 saturated carbocycles. The number of benzene rings is 3. The van der Waals surface area contributed by atoms with Gasteiger partial charge in [-0.1, -0.05) is 30.3 Å². The lowest BCUT2D eigenvalue weighted by atomic mass is 10.1. The molecule has 3 rings (SSSR count). The number of carbonyl (C=O) groups excluding carboxylic acids is 1. The maximum atomic E-state index is 12.0. The number of hydrogen-bond donors (Lipinski definition) is 1. The second-order valence-corrected chi connectivity index (χ2v) is 9.16. The van der Waals surface area contributed by atoms with Crippen LogP contribution in [0.2, 0.25) is 0 Å². The summed E-state index contributed by atoms with van der Waals surface area (Å²) in [5.41, 5.74) is 3.03. The van der Waals surface area contributed by atoms with Crippen LogP contribution < -0.4 is 9.50 Å². The molecule has 1 N–H and O–H groups in total. The molecule has 0 amide bonds. The standard InChI is InChI=1S/C25H29NO6S/c1-4-30-24(25(27)31-5-2)15-18-7-11-22(12-8-18)26-17-19-6-9-21-16-23(32-33(3,28)29)13-10-20(21)14-19/h6-14,16,24,26H,4-5,15,17H2,1-3H3. The smallest absolute Gasteiger partial charge is 0.335 e. The van der Waals surface area contributed by atoms with Gasteiger partial charge in [0.1, 0.15) is 5.75 Å². The van der Waals surface area contributed by atoms with Crippen molar-refractivity contribution in [2.24, 2.45) is 0 Å². The molecular formula is C25H29NO6S. The molecule has 0 spiro atoms. The van der Waals surface area contributed by atoms with Crippen molar-refractivity contribution in [3.05, 3.63) is 71.8 Å². The van der Waals surface area contributed by atoms with Crippen LogP contribution in [0.15, 0.2) is 60.7 Å². The first-order valence-electron chi connectivity index (χ1n) is 10.8. The second kappa shape index (κ2) is 11.2. The maximum absolute atomic E-state index is 12.0. The fourth-order valence-electron chi connectivity index (χ4n) is 3.43. The second-order valence-electron chi connectivity index (χ2n) is 7.58. The zero-order chi connectivity index (χ0) is 23.8. The maximum Gasteiger partial charge on any atom is 0.335 e. The van der Waals surface area contributed by atoms with E-state index in [2.05, 4.69) is 5.32 Å². The minimum Gasteiger partial charge on any atom is -0.464 e. The normalized spacial score (nSPS) is 12.3. The highest BCUT2D eigenvalue weighted by atomic mass is 32.2. The molecule has 0 bridgehead atoms. The van der Waals surface area contributed by atoms with Crippen molar-refractivity contribution in [2.45, 2.75) is 32.9 Å². The lowest BCUT2D eigenvalue weighted by Gasteiger charge is -2.16. The Hall–Kier alpha value is -3.10. The Balaban J connectivity index is 1.61. The quantitative estimate of drug-likeness (QED) is 0.329. The number of anilines is 1. The first-order chi connectivity index (χ1) is 15.8. The third-order valence-electron chi connectivity index (χ3n) is 4.91. The molecule has 3 aromatic carbocycles. The fourth-order valence-corrected chi connectivity index (χ4v) is 3.89. The zero-order valence-corrected chi connectivity index (χ0v) is 19.9. The van der Waals surface area contributed by atoms with Gasteiger partial charge >= 0.3 is 16.1 Å². The highest BCUT2D eigenvalue weighted by molar-refractivity contribution is 7.86. The molecule has 33 heavy (non-hydrogen) atoms. The Morgan fingerprint density at radius 3 is 2.24 bits per heavy atom. The van der Waals surface area contributed by atoms with Gasteiger partial charge < -0.3 is 19.0 Å². The topological polar surface area (TPSA) is 90.9 Å². The third-order valence-corrected chi connectivity index (χ3v) is 5.41. The molecule has 7 nitrogen and oxygen atoms in total. The van der Waals surface area contributed by atoms with Gasteiger partial charge in [0.15, 0.2) is 6.10 Å². The summed E-state index contributed by atoms with van der Waals surface area (Å²) in [6.07, 6.45) is 0.883. The molecule has 0 aromatic heterocycles. The summed E-state index contributed by atoms with van der Waals surface area (Å²) in [6, 6.07) is 19.0. The van der Waals surface area contributed by atoms with Crippen LogP contribution in [0.3, 0.4) is 0 Å². The summed E-state index contributed by atoms with van der Waals surface area (Å²) < 4.78 is 38.2. The molecule has 0 fully saturated rings. The van der Waals surface area contributed by atoms with Crippen LogP contribution >= 0.6 is 0 Å². The van der Waals surface area contributed by atoms with Gasteiger partial charge in [0.25, 0.3) is 0 Å². The van der Waals surface area contributed by atoms with Crippen molar-refractivity contribution >= 4 is 32.5 Å². The average molecular weight is 472 g/mol. The van der Waals surface area contributed by atoms with Crippen LogP contribution in [0.1, 0.15) is 25.0 Å². The van der Waals surface area contributed by atoms with Gasteiger partial charge in [0.2, 0.25) is 0 Å². The van der Waals surface area contributed by atoms with E-state index < -0.39 is 16.2 Å². The van der Waals surface area contributed by atoms with Crippen LogP contribution in [-0.4, -0.2) is 40.0 Å². The molecular weight excluding hydrogens is 442 g/mol. The van der Waals surface area contributed by atoms with Gasteiger partial charge in [-0.05, 0) is 66.1 Å². The van der Waals surface area contributed by atoms with Crippen molar-refractivity contribution in [1.29, 1.82) is 0 Å². The van der Waals surface area contributed by atoms with Crippen molar-refractivity contribution in [3.63, 3.8) is 0 Å². The van der Waals surface area contributed by atoms with E-state index in [4.69, 9.17) is 13.7 Å². The predicted molar refractivity (Wildman–Crippen MR) is 129 cm³/mol. The number of rotatable bonds is 11. The molecule has 0 aliphatic carbocycles. The van der Waals surface area contributed by atoms with Gasteiger partial charge in [-0.3, -0.25) is 0 Å². The predicted octanol–water partition coefficient (Wildman–Crippen LogP) is 4.30. The van der Waals surface area contributed by atoms with Crippen LogP contribution in [0, 0.1) is 0 Å². The summed E-state index contributed by atoms with van der Waals surface area (Å²) in [5.74, 6) is -0.0432. The molecule has 0 saturated heterocycles. The number of nitrogens with one attached hydrogen (secondary N) is 1. The van der Waals surface area contributed by atoms with E-state index in [1.165, 1.54) is 0 Å². The monoisotopic (exact) mass is 471 g/mol. The minimum absolute atomic E-state index is 0.297. The molecule has 3 aromatic rings. The summed E-state index contributed by atoms with van der Waals surface area (Å²) in [5, 5.41) is 5.28. The van der Waals surface area contributed by atoms with Crippen molar-refractivity contribution in [1.82, 2.24) is 0 Å². The van der Waals surface area contributed by atoms with E-state index in [9.17, 15) is 13.2 Å². The van der Waals surface area contributed by atoms with Crippen molar-refractivity contribution in [3.8, 4) is 5.75 Å². The van der Waals surface area contributed by atoms with Gasteiger partial charge in [-0.2, -0.15) is 8.42 Å². The van der Waals surface area contributed by atoms with Gasteiger partial charge in [-0.15, -0.1) is 0 Å². The van der Waals surface area contributed by atoms with E-state index in [0.717, 1.165) is 33.8 Å². The van der Waals surface area contributed by atoms with E-state index in [1.807, 2.05) is 55.5 Å². The van der Waals surface area contributed by atoms with E-state index >= 15 is 0 Å². The zero-order valence-electron chi connectivity index (χ0n) is 19.0. The van der Waals surface area contributed by atoms with E-state index in [0.29, 0.717) is 31.9 Å². The molecule has 0 aliphatic rings. The summed E-state index contributed by atoms with van der Waals surface area (Å²) in [4.78, 5) is 12.0. The Morgan fingerprint density at radius 2 is 1.58 bits per heavy atom. The van der Waals surface area contributed by atoms with Crippen LogP contribution in [0.25, 0.3) is 10.8 Å². The number of ether oxygens (including phenoxy) is 2. The molecule has 0 heterocycles. The Morgan fingerprint density at radius 1 is 0.909 bits per heavy atom. The number of fused-ring (bicyclic) bond motifs is 1. The molecule has 176 valence electrons. The first kappa shape index (κ1) is 24.5. The van der Waals surface area contributed by atoms with E-state index in [-0.39, 0.29) is 5.97 Å². The molecule has 0 radical (unpaired) electrons. The highest BCUT2D eigenvalue weighted by Crippen LogP contribution is 2.23. The van der Waals surface area contributed by atoms with Gasteiger partial charge in [-0.25, -0.2) is 4.79 Å². The SMILES string of the molecule is CCOC(=O)C(Cc1ccc(NCc2ccc3cc(OS(C)(=O)=O)ccc3c2)cc1)OCC. The average Bonchev–Trinajstić information content (AvgIpc) is 2.77. The Kier molecular flexibility index (Phi) is 8.30. The number of hydrogen-bond acceptors (Lipinski definition) is 7. The highest BCUT2D eigenvalue weighted by Gasteiger charge is 2.20. The fraction of sp³-hybridized carbons (Fsp3) is 0.320. The largest absolute Gasteiger partial charge is 0.464 e. The molecule has 0 aliphatic heterocycles. The lowest BCUT2D eigenvalue weighted by Crippen LogP contribution is -2.28. The first-order valence-corrected chi connectivity index (χ1v) is 12.6. The lowest BCUT2D eigenvalue weighted by molar-refractivity contribution is -0.156. The summed E-state index contributed by atoms with van der Waals surface area (Å²) in [7, 11) is -3.55. The third kappa shape index (κ3) is 7.47. The molecule has 1 unspecified atom stereocenters. The number of carbonyl (C=O) groups is 1. The van der Waals surface area contributed by atoms with Crippen LogP contribution in [0.5, 0.6) is 5.75 Å². The van der Waals surface area contributed by atoms with Crippen LogP contribution in [0.4, 0.5) is 5.69 Å². The molecule has 8 heteroatoms.